The second-order valence-electron chi connectivity index (χ2n) is 5.36. The van der Waals surface area contributed by atoms with Crippen molar-refractivity contribution in [2.45, 2.75) is 18.2 Å². The van der Waals surface area contributed by atoms with Crippen molar-refractivity contribution in [2.75, 3.05) is 11.1 Å². The standard InChI is InChI=1S/C17H14N2O4S/c1-10-13(6-3-7-14(10)19(22)23)18-17(21)12-5-2-4-11-15(20)8-9-24-16(11)12/h2-7H,8-9H2,1H3,(H,18,21). The predicted octanol–water partition coefficient (Wildman–Crippen LogP) is 3.83. The summed E-state index contributed by atoms with van der Waals surface area (Å²) in [7, 11) is 0. The number of nitrogens with zero attached hydrogens (tertiary/aromatic N) is 1. The molecular formula is C17H14N2O4S. The molecule has 1 aliphatic rings. The van der Waals surface area contributed by atoms with Crippen molar-refractivity contribution in [1.29, 1.82) is 0 Å². The van der Waals surface area contributed by atoms with Crippen LogP contribution in [0.2, 0.25) is 0 Å². The summed E-state index contributed by atoms with van der Waals surface area (Å²) in [5.41, 5.74) is 1.71. The van der Waals surface area contributed by atoms with Crippen LogP contribution < -0.4 is 5.32 Å². The van der Waals surface area contributed by atoms with E-state index in [2.05, 4.69) is 5.32 Å². The number of carbonyl (C=O) groups excluding carboxylic acids is 2. The molecule has 1 aliphatic heterocycles. The lowest BCUT2D eigenvalue weighted by atomic mass is 10.0. The lowest BCUT2D eigenvalue weighted by molar-refractivity contribution is -0.385. The number of nitro groups is 1. The fourth-order valence-corrected chi connectivity index (χ4v) is 3.76. The lowest BCUT2D eigenvalue weighted by Crippen LogP contribution is -2.18. The number of hydrogen-bond acceptors (Lipinski definition) is 5. The van der Waals surface area contributed by atoms with Crippen LogP contribution in [0, 0.1) is 17.0 Å². The lowest BCUT2D eigenvalue weighted by Gasteiger charge is -2.17. The maximum Gasteiger partial charge on any atom is 0.274 e. The van der Waals surface area contributed by atoms with E-state index in [0.29, 0.717) is 39.4 Å². The minimum atomic E-state index is -0.482. The zero-order valence-electron chi connectivity index (χ0n) is 12.9. The maximum atomic E-state index is 12.6. The van der Waals surface area contributed by atoms with Gasteiger partial charge in [0, 0.05) is 28.7 Å². The summed E-state index contributed by atoms with van der Waals surface area (Å²) in [6, 6.07) is 9.60. The Morgan fingerprint density at radius 3 is 2.75 bits per heavy atom. The Kier molecular flexibility index (Phi) is 4.35. The molecule has 1 amide bonds. The number of carbonyl (C=O) groups is 2. The number of rotatable bonds is 3. The Hall–Kier alpha value is -2.67. The quantitative estimate of drug-likeness (QED) is 0.676. The van der Waals surface area contributed by atoms with Crippen molar-refractivity contribution in [3.8, 4) is 0 Å². The van der Waals surface area contributed by atoms with Crippen LogP contribution in [0.25, 0.3) is 0 Å². The molecule has 0 aliphatic carbocycles. The third-order valence-corrected chi connectivity index (χ3v) is 5.02. The van der Waals surface area contributed by atoms with Crippen LogP contribution in [0.15, 0.2) is 41.3 Å². The number of amides is 1. The Morgan fingerprint density at radius 2 is 2.00 bits per heavy atom. The highest BCUT2D eigenvalue weighted by Gasteiger charge is 2.24. The molecule has 0 radical (unpaired) electrons. The van der Waals surface area contributed by atoms with Crippen LogP contribution in [-0.2, 0) is 0 Å². The predicted molar refractivity (Wildman–Crippen MR) is 91.9 cm³/mol. The topological polar surface area (TPSA) is 89.3 Å². The molecule has 0 spiro atoms. The Bertz CT molecular complexity index is 864. The molecule has 0 saturated carbocycles. The molecule has 1 heterocycles. The molecule has 0 fully saturated rings. The SMILES string of the molecule is Cc1c(NC(=O)c2cccc3c2SCCC3=O)cccc1[N+](=O)[O-]. The van der Waals surface area contributed by atoms with E-state index in [1.165, 1.54) is 23.9 Å². The van der Waals surface area contributed by atoms with Gasteiger partial charge in [-0.15, -0.1) is 11.8 Å². The first-order valence-corrected chi connectivity index (χ1v) is 8.32. The van der Waals surface area contributed by atoms with E-state index in [1.807, 2.05) is 0 Å². The molecule has 0 atom stereocenters. The van der Waals surface area contributed by atoms with Gasteiger partial charge in [-0.25, -0.2) is 0 Å². The molecule has 24 heavy (non-hydrogen) atoms. The molecule has 3 rings (SSSR count). The van der Waals surface area contributed by atoms with E-state index in [4.69, 9.17) is 0 Å². The van der Waals surface area contributed by atoms with Crippen LogP contribution in [-0.4, -0.2) is 22.4 Å². The molecule has 0 saturated heterocycles. The summed E-state index contributed by atoms with van der Waals surface area (Å²) in [6.45, 7) is 1.59. The van der Waals surface area contributed by atoms with E-state index >= 15 is 0 Å². The van der Waals surface area contributed by atoms with E-state index in [9.17, 15) is 19.7 Å². The second kappa shape index (κ2) is 6.45. The number of fused-ring (bicyclic) bond motifs is 1. The number of nitro benzene ring substituents is 1. The average Bonchev–Trinajstić information content (AvgIpc) is 2.56. The number of anilines is 1. The van der Waals surface area contributed by atoms with E-state index in [1.54, 1.807) is 31.2 Å². The number of thioether (sulfide) groups is 1. The zero-order valence-corrected chi connectivity index (χ0v) is 13.7. The summed E-state index contributed by atoms with van der Waals surface area (Å²) in [6.07, 6.45) is 0.465. The van der Waals surface area contributed by atoms with Crippen molar-refractivity contribution in [3.63, 3.8) is 0 Å². The molecular weight excluding hydrogens is 328 g/mol. The maximum absolute atomic E-state index is 12.6. The first-order valence-electron chi connectivity index (χ1n) is 7.33. The van der Waals surface area contributed by atoms with Gasteiger partial charge in [0.1, 0.15) is 0 Å². The Balaban J connectivity index is 1.95. The van der Waals surface area contributed by atoms with Gasteiger partial charge in [-0.3, -0.25) is 19.7 Å². The van der Waals surface area contributed by atoms with Gasteiger partial charge >= 0.3 is 0 Å². The van der Waals surface area contributed by atoms with Crippen LogP contribution in [0.1, 0.15) is 32.7 Å². The van der Waals surface area contributed by atoms with Gasteiger partial charge in [0.25, 0.3) is 11.6 Å². The first-order chi connectivity index (χ1) is 11.5. The molecule has 2 aromatic carbocycles. The second-order valence-corrected chi connectivity index (χ2v) is 6.47. The van der Waals surface area contributed by atoms with Crippen molar-refractivity contribution in [3.05, 3.63) is 63.2 Å². The minimum absolute atomic E-state index is 0.0323. The van der Waals surface area contributed by atoms with E-state index in [-0.39, 0.29) is 17.4 Å². The van der Waals surface area contributed by atoms with Gasteiger partial charge in [0.05, 0.1) is 21.7 Å². The van der Waals surface area contributed by atoms with Crippen LogP contribution >= 0.6 is 11.8 Å². The monoisotopic (exact) mass is 342 g/mol. The van der Waals surface area contributed by atoms with Crippen LogP contribution in [0.5, 0.6) is 0 Å². The smallest absolute Gasteiger partial charge is 0.274 e. The van der Waals surface area contributed by atoms with Crippen molar-refractivity contribution in [2.24, 2.45) is 0 Å². The molecule has 7 heteroatoms. The van der Waals surface area contributed by atoms with E-state index < -0.39 is 4.92 Å². The number of ketones is 1. The third-order valence-electron chi connectivity index (χ3n) is 3.89. The van der Waals surface area contributed by atoms with Crippen LogP contribution in [0.3, 0.4) is 0 Å². The summed E-state index contributed by atoms with van der Waals surface area (Å²) < 4.78 is 0. The number of Topliss-reactive ketones (excluding diaryl/α,β-unsaturated/α-hetero) is 1. The largest absolute Gasteiger partial charge is 0.321 e. The first kappa shape index (κ1) is 16.2. The van der Waals surface area contributed by atoms with Crippen molar-refractivity contribution < 1.29 is 14.5 Å². The Labute approximate surface area is 142 Å². The highest BCUT2D eigenvalue weighted by molar-refractivity contribution is 7.99. The van der Waals surface area contributed by atoms with E-state index in [0.717, 1.165) is 0 Å². The average molecular weight is 342 g/mol. The molecule has 2 aromatic rings. The number of hydrogen-bond donors (Lipinski definition) is 1. The van der Waals surface area contributed by atoms with Crippen molar-refractivity contribution in [1.82, 2.24) is 0 Å². The summed E-state index contributed by atoms with van der Waals surface area (Å²) in [5, 5.41) is 13.7. The summed E-state index contributed by atoms with van der Waals surface area (Å²) in [5.74, 6) is 0.300. The molecule has 0 aromatic heterocycles. The molecule has 6 nitrogen and oxygen atoms in total. The third kappa shape index (κ3) is 2.90. The zero-order chi connectivity index (χ0) is 17.3. The summed E-state index contributed by atoms with van der Waals surface area (Å²) in [4.78, 5) is 35.8. The van der Waals surface area contributed by atoms with Gasteiger partial charge in [0.2, 0.25) is 0 Å². The van der Waals surface area contributed by atoms with Gasteiger partial charge in [-0.05, 0) is 19.1 Å². The molecule has 1 N–H and O–H groups in total. The Morgan fingerprint density at radius 1 is 1.25 bits per heavy atom. The van der Waals surface area contributed by atoms with Crippen molar-refractivity contribution >= 4 is 34.8 Å². The normalized spacial score (nSPS) is 13.3. The number of benzene rings is 2. The highest BCUT2D eigenvalue weighted by atomic mass is 32.2. The molecule has 122 valence electrons. The molecule has 0 unspecified atom stereocenters. The number of nitrogens with one attached hydrogen (secondary N) is 1. The minimum Gasteiger partial charge on any atom is -0.321 e. The molecule has 0 bridgehead atoms. The highest BCUT2D eigenvalue weighted by Crippen LogP contribution is 2.34. The van der Waals surface area contributed by atoms with Crippen LogP contribution in [0.4, 0.5) is 11.4 Å². The fraction of sp³-hybridized carbons (Fsp3) is 0.176. The van der Waals surface area contributed by atoms with Gasteiger partial charge in [-0.1, -0.05) is 18.2 Å². The van der Waals surface area contributed by atoms with Gasteiger partial charge in [0.15, 0.2) is 5.78 Å². The summed E-state index contributed by atoms with van der Waals surface area (Å²) >= 11 is 1.48. The van der Waals surface area contributed by atoms with Gasteiger partial charge < -0.3 is 5.32 Å². The fourth-order valence-electron chi connectivity index (χ4n) is 2.62. The van der Waals surface area contributed by atoms with Gasteiger partial charge in [-0.2, -0.15) is 0 Å².